The molecule has 0 aliphatic heterocycles. The zero-order chi connectivity index (χ0) is 34.0. The fraction of sp³-hybridized carbons (Fsp3) is 0.103. The molecular formula is C39H33Cl2N3O3S. The van der Waals surface area contributed by atoms with Crippen molar-refractivity contribution in [2.75, 3.05) is 10.6 Å². The van der Waals surface area contributed by atoms with Crippen molar-refractivity contribution in [1.82, 2.24) is 5.32 Å². The van der Waals surface area contributed by atoms with E-state index in [4.69, 9.17) is 23.2 Å². The van der Waals surface area contributed by atoms with Crippen molar-refractivity contribution in [3.05, 3.63) is 165 Å². The van der Waals surface area contributed by atoms with Crippen LogP contribution in [-0.4, -0.2) is 17.7 Å². The van der Waals surface area contributed by atoms with E-state index >= 15 is 0 Å². The standard InChI is InChI=1S/C39H33Cl2N3O3S/c1-25(2)27-18-16-26(17-19-27)22-35(44-37(45)29-12-7-4-8-13-29)38(46)42-30-14-9-15-32(23-30)48-36(28-10-5-3-6-11-28)39(47)43-31-20-21-33(40)34(41)24-31/h3-25,36H,1-2H3,(H,42,46)(H,43,47)(H,44,45)/b35-22+. The first-order valence-corrected chi connectivity index (χ1v) is 16.9. The van der Waals surface area contributed by atoms with Crippen LogP contribution in [0, 0.1) is 0 Å². The van der Waals surface area contributed by atoms with E-state index in [1.165, 1.54) is 17.3 Å². The van der Waals surface area contributed by atoms with Crippen LogP contribution in [0.1, 0.15) is 52.1 Å². The molecule has 0 saturated heterocycles. The summed E-state index contributed by atoms with van der Waals surface area (Å²) in [7, 11) is 0. The van der Waals surface area contributed by atoms with Gasteiger partial charge < -0.3 is 16.0 Å². The zero-order valence-electron chi connectivity index (χ0n) is 26.2. The molecule has 0 bridgehead atoms. The second-order valence-corrected chi connectivity index (χ2v) is 13.2. The predicted molar refractivity (Wildman–Crippen MR) is 198 cm³/mol. The van der Waals surface area contributed by atoms with Crippen LogP contribution in [0.4, 0.5) is 11.4 Å². The fourth-order valence-corrected chi connectivity index (χ4v) is 6.13. The van der Waals surface area contributed by atoms with E-state index in [9.17, 15) is 14.4 Å². The molecule has 0 aliphatic carbocycles. The second kappa shape index (κ2) is 16.3. The Morgan fingerprint density at radius 1 is 0.667 bits per heavy atom. The smallest absolute Gasteiger partial charge is 0.272 e. The summed E-state index contributed by atoms with van der Waals surface area (Å²) in [6.45, 7) is 4.22. The molecule has 0 radical (unpaired) electrons. The highest BCUT2D eigenvalue weighted by Crippen LogP contribution is 2.37. The molecule has 3 N–H and O–H groups in total. The summed E-state index contributed by atoms with van der Waals surface area (Å²) in [5.74, 6) is -0.793. The molecule has 48 heavy (non-hydrogen) atoms. The van der Waals surface area contributed by atoms with Gasteiger partial charge in [-0.15, -0.1) is 11.8 Å². The maximum atomic E-state index is 13.7. The highest BCUT2D eigenvalue weighted by Gasteiger charge is 2.23. The second-order valence-electron chi connectivity index (χ2n) is 11.2. The Kier molecular flexibility index (Phi) is 11.7. The van der Waals surface area contributed by atoms with Gasteiger partial charge in [0.05, 0.1) is 10.0 Å². The molecule has 3 amide bonds. The number of carbonyl (C=O) groups is 3. The Morgan fingerprint density at radius 3 is 2.00 bits per heavy atom. The number of hydrogen-bond acceptors (Lipinski definition) is 4. The van der Waals surface area contributed by atoms with Gasteiger partial charge in [0.1, 0.15) is 10.9 Å². The number of halogens is 2. The molecule has 0 fully saturated rings. The summed E-state index contributed by atoms with van der Waals surface area (Å²) in [5.41, 5.74) is 4.26. The van der Waals surface area contributed by atoms with E-state index in [0.717, 1.165) is 16.0 Å². The number of rotatable bonds is 11. The van der Waals surface area contributed by atoms with Gasteiger partial charge in [-0.25, -0.2) is 0 Å². The van der Waals surface area contributed by atoms with Crippen molar-refractivity contribution in [1.29, 1.82) is 0 Å². The predicted octanol–water partition coefficient (Wildman–Crippen LogP) is 10.00. The van der Waals surface area contributed by atoms with E-state index in [0.29, 0.717) is 32.9 Å². The van der Waals surface area contributed by atoms with Crippen LogP contribution in [0.5, 0.6) is 0 Å². The number of benzene rings is 5. The quantitative estimate of drug-likeness (QED) is 0.0949. The van der Waals surface area contributed by atoms with Crippen LogP contribution in [0.25, 0.3) is 6.08 Å². The number of amides is 3. The molecule has 0 aromatic heterocycles. The van der Waals surface area contributed by atoms with Crippen LogP contribution >= 0.6 is 35.0 Å². The Morgan fingerprint density at radius 2 is 1.33 bits per heavy atom. The van der Waals surface area contributed by atoms with Crippen LogP contribution in [0.3, 0.4) is 0 Å². The number of carbonyl (C=O) groups excluding carboxylic acids is 3. The molecule has 0 saturated carbocycles. The lowest BCUT2D eigenvalue weighted by Crippen LogP contribution is -2.30. The molecule has 6 nitrogen and oxygen atoms in total. The molecule has 0 aliphatic rings. The molecule has 5 aromatic carbocycles. The van der Waals surface area contributed by atoms with Crippen LogP contribution in [0.2, 0.25) is 10.0 Å². The molecule has 9 heteroatoms. The highest BCUT2D eigenvalue weighted by molar-refractivity contribution is 8.00. The van der Waals surface area contributed by atoms with Gasteiger partial charge in [0, 0.05) is 21.8 Å². The van der Waals surface area contributed by atoms with Crippen LogP contribution < -0.4 is 16.0 Å². The van der Waals surface area contributed by atoms with Gasteiger partial charge >= 0.3 is 0 Å². The number of thioether (sulfide) groups is 1. The third-order valence-electron chi connectivity index (χ3n) is 7.32. The highest BCUT2D eigenvalue weighted by atomic mass is 35.5. The Hall–Kier alpha value is -4.82. The fourth-order valence-electron chi connectivity index (χ4n) is 4.75. The van der Waals surface area contributed by atoms with Gasteiger partial charge in [-0.1, -0.05) is 116 Å². The maximum absolute atomic E-state index is 13.7. The van der Waals surface area contributed by atoms with Gasteiger partial charge in [-0.05, 0) is 77.2 Å². The maximum Gasteiger partial charge on any atom is 0.272 e. The largest absolute Gasteiger partial charge is 0.325 e. The molecule has 0 heterocycles. The third-order valence-corrected chi connectivity index (χ3v) is 9.30. The number of anilines is 2. The topological polar surface area (TPSA) is 87.3 Å². The van der Waals surface area contributed by atoms with E-state index in [-0.39, 0.29) is 11.6 Å². The summed E-state index contributed by atoms with van der Waals surface area (Å²) in [6, 6.07) is 38.1. The van der Waals surface area contributed by atoms with Crippen LogP contribution in [0.15, 0.2) is 138 Å². The number of nitrogens with one attached hydrogen (secondary N) is 3. The van der Waals surface area contributed by atoms with E-state index in [1.807, 2.05) is 66.7 Å². The summed E-state index contributed by atoms with van der Waals surface area (Å²) in [5, 5.41) is 8.75. The van der Waals surface area contributed by atoms with Crippen LogP contribution in [-0.2, 0) is 9.59 Å². The minimum atomic E-state index is -0.624. The first kappa shape index (κ1) is 34.5. The summed E-state index contributed by atoms with van der Waals surface area (Å²) < 4.78 is 0. The lowest BCUT2D eigenvalue weighted by Gasteiger charge is -2.18. The monoisotopic (exact) mass is 693 g/mol. The zero-order valence-corrected chi connectivity index (χ0v) is 28.6. The van der Waals surface area contributed by atoms with Gasteiger partial charge in [0.25, 0.3) is 11.8 Å². The molecule has 1 unspecified atom stereocenters. The van der Waals surface area contributed by atoms with E-state index in [1.54, 1.807) is 66.7 Å². The molecule has 1 atom stereocenters. The van der Waals surface area contributed by atoms with E-state index < -0.39 is 17.1 Å². The van der Waals surface area contributed by atoms with Crippen molar-refractivity contribution >= 4 is 70.1 Å². The molecule has 5 aromatic rings. The third kappa shape index (κ3) is 9.38. The van der Waals surface area contributed by atoms with Crippen molar-refractivity contribution in [3.63, 3.8) is 0 Å². The Balaban J connectivity index is 1.38. The minimum absolute atomic E-state index is 0.0855. The summed E-state index contributed by atoms with van der Waals surface area (Å²) >= 11 is 13.6. The molecule has 242 valence electrons. The Labute approximate surface area is 294 Å². The SMILES string of the molecule is CC(C)c1ccc(/C=C(/NC(=O)c2ccccc2)C(=O)Nc2cccc(SC(C(=O)Nc3ccc(Cl)c(Cl)c3)c3ccccc3)c2)cc1. The summed E-state index contributed by atoms with van der Waals surface area (Å²) in [6.07, 6.45) is 1.65. The minimum Gasteiger partial charge on any atom is -0.325 e. The Bertz CT molecular complexity index is 1930. The number of hydrogen-bond donors (Lipinski definition) is 3. The molecule has 0 spiro atoms. The molecular weight excluding hydrogens is 661 g/mol. The van der Waals surface area contributed by atoms with Crippen molar-refractivity contribution in [2.45, 2.75) is 29.9 Å². The average Bonchev–Trinajstić information content (AvgIpc) is 3.09. The normalized spacial score (nSPS) is 11.9. The summed E-state index contributed by atoms with van der Waals surface area (Å²) in [4.78, 5) is 41.1. The van der Waals surface area contributed by atoms with E-state index in [2.05, 4.69) is 29.8 Å². The first-order chi connectivity index (χ1) is 23.2. The average molecular weight is 695 g/mol. The molecule has 5 rings (SSSR count). The lowest BCUT2D eigenvalue weighted by molar-refractivity contribution is -0.116. The van der Waals surface area contributed by atoms with Gasteiger partial charge in [-0.3, -0.25) is 14.4 Å². The van der Waals surface area contributed by atoms with Gasteiger partial charge in [-0.2, -0.15) is 0 Å². The van der Waals surface area contributed by atoms with Crippen molar-refractivity contribution < 1.29 is 14.4 Å². The first-order valence-electron chi connectivity index (χ1n) is 15.2. The van der Waals surface area contributed by atoms with Crippen molar-refractivity contribution in [3.8, 4) is 0 Å². The lowest BCUT2D eigenvalue weighted by atomic mass is 10.0. The van der Waals surface area contributed by atoms with Gasteiger partial charge in [0.15, 0.2) is 0 Å². The van der Waals surface area contributed by atoms with Gasteiger partial charge in [0.2, 0.25) is 5.91 Å². The van der Waals surface area contributed by atoms with Crippen molar-refractivity contribution in [2.24, 2.45) is 0 Å².